The van der Waals surface area contributed by atoms with E-state index in [2.05, 4.69) is 25.9 Å². The number of carbonyl (C=O) groups excluding carboxylic acids is 1. The Hall–Kier alpha value is -1.32. The van der Waals surface area contributed by atoms with Crippen LogP contribution in [-0.4, -0.2) is 22.4 Å². The van der Waals surface area contributed by atoms with Crippen LogP contribution in [0.2, 0.25) is 0 Å². The summed E-state index contributed by atoms with van der Waals surface area (Å²) in [5.74, 6) is -0.136. The third-order valence-corrected chi connectivity index (χ3v) is 2.85. The number of aryl methyl sites for hydroxylation is 1. The van der Waals surface area contributed by atoms with Gasteiger partial charge in [0.05, 0.1) is 12.3 Å². The van der Waals surface area contributed by atoms with E-state index >= 15 is 0 Å². The molecule has 0 bridgehead atoms. The van der Waals surface area contributed by atoms with E-state index in [1.54, 1.807) is 0 Å². The number of hydrogen-bond donors (Lipinski definition) is 0. The lowest BCUT2D eigenvalue weighted by atomic mass is 10.1. The Morgan fingerprint density at radius 3 is 2.53 bits per heavy atom. The number of aromatic nitrogens is 2. The summed E-state index contributed by atoms with van der Waals surface area (Å²) in [5, 5.41) is 4.50. The first-order valence-corrected chi connectivity index (χ1v) is 6.17. The zero-order valence-electron chi connectivity index (χ0n) is 11.4. The van der Waals surface area contributed by atoms with E-state index in [9.17, 15) is 4.79 Å². The van der Waals surface area contributed by atoms with Crippen molar-refractivity contribution in [3.05, 3.63) is 17.0 Å². The first-order valence-electron chi connectivity index (χ1n) is 6.17. The second-order valence-corrected chi connectivity index (χ2v) is 4.49. The minimum absolute atomic E-state index is 0.136. The number of ether oxygens (including phenoxy) is 1. The van der Waals surface area contributed by atoms with Crippen molar-refractivity contribution in [1.82, 2.24) is 9.78 Å². The molecule has 0 saturated carbocycles. The quantitative estimate of drug-likeness (QED) is 0.740. The lowest BCUT2D eigenvalue weighted by molar-refractivity contribution is -0.143. The summed E-state index contributed by atoms with van der Waals surface area (Å²) in [7, 11) is 0. The summed E-state index contributed by atoms with van der Waals surface area (Å²) in [4.78, 5) is 11.3. The molecule has 1 aromatic rings. The standard InChI is InChI=1S/C13H22N2O2/c1-6-17-13(16)8-7-12-10(4)14-15(9(2)3)11(12)5/h9H,6-8H2,1-5H3. The third-order valence-electron chi connectivity index (χ3n) is 2.85. The molecule has 0 amide bonds. The highest BCUT2D eigenvalue weighted by Crippen LogP contribution is 2.18. The molecule has 0 radical (unpaired) electrons. The summed E-state index contributed by atoms with van der Waals surface area (Å²) in [6.45, 7) is 10.5. The minimum Gasteiger partial charge on any atom is -0.466 e. The van der Waals surface area contributed by atoms with E-state index in [0.717, 1.165) is 11.4 Å². The molecule has 0 unspecified atom stereocenters. The van der Waals surface area contributed by atoms with Crippen LogP contribution >= 0.6 is 0 Å². The maximum absolute atomic E-state index is 11.3. The van der Waals surface area contributed by atoms with Gasteiger partial charge in [0.2, 0.25) is 0 Å². The topological polar surface area (TPSA) is 44.1 Å². The van der Waals surface area contributed by atoms with Gasteiger partial charge in [-0.25, -0.2) is 0 Å². The number of hydrogen-bond acceptors (Lipinski definition) is 3. The maximum atomic E-state index is 11.3. The average molecular weight is 238 g/mol. The molecular weight excluding hydrogens is 216 g/mol. The number of nitrogens with zero attached hydrogens (tertiary/aromatic N) is 2. The molecule has 0 aromatic carbocycles. The molecule has 4 nitrogen and oxygen atoms in total. The molecule has 96 valence electrons. The van der Waals surface area contributed by atoms with Gasteiger partial charge in [-0.2, -0.15) is 5.10 Å². The first-order chi connectivity index (χ1) is 7.97. The van der Waals surface area contributed by atoms with Gasteiger partial charge >= 0.3 is 5.97 Å². The number of carbonyl (C=O) groups is 1. The van der Waals surface area contributed by atoms with E-state index in [4.69, 9.17) is 4.74 Å². The summed E-state index contributed by atoms with van der Waals surface area (Å²) < 4.78 is 6.94. The van der Waals surface area contributed by atoms with Crippen molar-refractivity contribution in [3.63, 3.8) is 0 Å². The Kier molecular flexibility index (Phi) is 4.73. The fourth-order valence-electron chi connectivity index (χ4n) is 2.02. The summed E-state index contributed by atoms with van der Waals surface area (Å²) >= 11 is 0. The zero-order chi connectivity index (χ0) is 13.0. The Morgan fingerprint density at radius 1 is 1.41 bits per heavy atom. The lowest BCUT2D eigenvalue weighted by Crippen LogP contribution is -2.07. The smallest absolute Gasteiger partial charge is 0.306 e. The number of esters is 1. The van der Waals surface area contributed by atoms with Gasteiger partial charge in [0, 0.05) is 18.2 Å². The van der Waals surface area contributed by atoms with Crippen LogP contribution in [0.5, 0.6) is 0 Å². The minimum atomic E-state index is -0.136. The van der Waals surface area contributed by atoms with Gasteiger partial charge in [0.1, 0.15) is 0 Å². The molecule has 0 aliphatic rings. The van der Waals surface area contributed by atoms with Gasteiger partial charge < -0.3 is 4.74 Å². The molecule has 4 heteroatoms. The summed E-state index contributed by atoms with van der Waals surface area (Å²) in [5.41, 5.74) is 3.34. The molecule has 1 rings (SSSR count). The van der Waals surface area contributed by atoms with Crippen molar-refractivity contribution in [2.45, 2.75) is 53.5 Å². The Labute approximate surface area is 103 Å². The predicted molar refractivity (Wildman–Crippen MR) is 67.0 cm³/mol. The highest BCUT2D eigenvalue weighted by molar-refractivity contribution is 5.69. The van der Waals surface area contributed by atoms with Crippen molar-refractivity contribution in [3.8, 4) is 0 Å². The van der Waals surface area contributed by atoms with Crippen LogP contribution in [0.15, 0.2) is 0 Å². The second-order valence-electron chi connectivity index (χ2n) is 4.49. The van der Waals surface area contributed by atoms with E-state index in [-0.39, 0.29) is 5.97 Å². The largest absolute Gasteiger partial charge is 0.466 e. The molecule has 0 N–H and O–H groups in total. The van der Waals surface area contributed by atoms with Crippen LogP contribution in [0.4, 0.5) is 0 Å². The highest BCUT2D eigenvalue weighted by atomic mass is 16.5. The molecule has 0 aliphatic heterocycles. The van der Waals surface area contributed by atoms with Crippen LogP contribution in [0.25, 0.3) is 0 Å². The van der Waals surface area contributed by atoms with E-state index in [1.807, 2.05) is 18.5 Å². The van der Waals surface area contributed by atoms with Crippen molar-refractivity contribution in [2.24, 2.45) is 0 Å². The SMILES string of the molecule is CCOC(=O)CCc1c(C)nn(C(C)C)c1C. The van der Waals surface area contributed by atoms with Crippen LogP contribution < -0.4 is 0 Å². The first kappa shape index (κ1) is 13.7. The fraction of sp³-hybridized carbons (Fsp3) is 0.692. The van der Waals surface area contributed by atoms with Crippen molar-refractivity contribution in [1.29, 1.82) is 0 Å². The van der Waals surface area contributed by atoms with Gasteiger partial charge in [-0.3, -0.25) is 9.48 Å². The number of rotatable bonds is 5. The van der Waals surface area contributed by atoms with Crippen LogP contribution in [-0.2, 0) is 16.0 Å². The Morgan fingerprint density at radius 2 is 2.06 bits per heavy atom. The van der Waals surface area contributed by atoms with Crippen LogP contribution in [0.1, 0.15) is 50.2 Å². The maximum Gasteiger partial charge on any atom is 0.306 e. The van der Waals surface area contributed by atoms with Crippen molar-refractivity contribution < 1.29 is 9.53 Å². The van der Waals surface area contributed by atoms with E-state index < -0.39 is 0 Å². The van der Waals surface area contributed by atoms with Gasteiger partial charge in [0.15, 0.2) is 0 Å². The molecule has 0 fully saturated rings. The van der Waals surface area contributed by atoms with Crippen LogP contribution in [0, 0.1) is 13.8 Å². The van der Waals surface area contributed by atoms with Gasteiger partial charge in [0.25, 0.3) is 0 Å². The van der Waals surface area contributed by atoms with E-state index in [0.29, 0.717) is 25.5 Å². The molecule has 0 aliphatic carbocycles. The predicted octanol–water partition coefficient (Wildman–Crippen LogP) is 2.58. The zero-order valence-corrected chi connectivity index (χ0v) is 11.4. The van der Waals surface area contributed by atoms with E-state index in [1.165, 1.54) is 5.56 Å². The molecule has 0 atom stereocenters. The summed E-state index contributed by atoms with van der Waals surface area (Å²) in [6.07, 6.45) is 1.14. The fourth-order valence-corrected chi connectivity index (χ4v) is 2.02. The molecular formula is C13H22N2O2. The highest BCUT2D eigenvalue weighted by Gasteiger charge is 2.14. The molecule has 0 spiro atoms. The van der Waals surface area contributed by atoms with Crippen LogP contribution in [0.3, 0.4) is 0 Å². The molecule has 17 heavy (non-hydrogen) atoms. The molecule has 1 aromatic heterocycles. The average Bonchev–Trinajstić information content (AvgIpc) is 2.52. The monoisotopic (exact) mass is 238 g/mol. The normalized spacial score (nSPS) is 10.9. The van der Waals surface area contributed by atoms with Gasteiger partial charge in [-0.1, -0.05) is 0 Å². The lowest BCUT2D eigenvalue weighted by Gasteiger charge is -2.08. The Bertz CT molecular complexity index is 394. The van der Waals surface area contributed by atoms with Gasteiger partial charge in [-0.05, 0) is 46.6 Å². The third kappa shape index (κ3) is 3.32. The van der Waals surface area contributed by atoms with Gasteiger partial charge in [-0.15, -0.1) is 0 Å². The van der Waals surface area contributed by atoms with Crippen molar-refractivity contribution >= 4 is 5.97 Å². The van der Waals surface area contributed by atoms with Crippen molar-refractivity contribution in [2.75, 3.05) is 6.61 Å². The second kappa shape index (κ2) is 5.84. The molecule has 1 heterocycles. The Balaban J connectivity index is 2.74. The summed E-state index contributed by atoms with van der Waals surface area (Å²) in [6, 6.07) is 0.352. The molecule has 0 saturated heterocycles.